The highest BCUT2D eigenvalue weighted by Gasteiger charge is 2.22. The van der Waals surface area contributed by atoms with E-state index in [1.54, 1.807) is 0 Å². The zero-order valence-electron chi connectivity index (χ0n) is 12.4. The molecule has 0 aromatic heterocycles. The Hall–Kier alpha value is -0.570. The van der Waals surface area contributed by atoms with Crippen LogP contribution >= 0.6 is 0 Å². The molecule has 3 heteroatoms. The molecule has 1 saturated carbocycles. The average molecular weight is 255 g/mol. The number of carbonyl (C=O) groups is 1. The minimum atomic E-state index is 0.200. The smallest absolute Gasteiger partial charge is 0.220 e. The van der Waals surface area contributed by atoms with Crippen LogP contribution in [0.1, 0.15) is 66.2 Å². The topological polar surface area (TPSA) is 38.3 Å². The fraction of sp³-hybridized carbons (Fsp3) is 0.933. The molecule has 1 fully saturated rings. The minimum absolute atomic E-state index is 0.200. The normalized spacial score (nSPS) is 24.6. The average Bonchev–Trinajstić information content (AvgIpc) is 2.26. The van der Waals surface area contributed by atoms with E-state index < -0.39 is 0 Å². The summed E-state index contributed by atoms with van der Waals surface area (Å²) in [6.07, 6.45) is 7.25. The van der Waals surface area contributed by atoms with Crippen molar-refractivity contribution in [3.63, 3.8) is 0 Å². The molecule has 1 aliphatic carbocycles. The minimum Gasteiger partial charge on any atom is -0.376 e. The molecule has 0 aromatic rings. The molecule has 1 rings (SSSR count). The first-order valence-electron chi connectivity index (χ1n) is 7.42. The Morgan fingerprint density at radius 2 is 1.78 bits per heavy atom. The van der Waals surface area contributed by atoms with Gasteiger partial charge in [0.1, 0.15) is 0 Å². The summed E-state index contributed by atoms with van der Waals surface area (Å²) in [6, 6.07) is 0.257. The number of rotatable bonds is 6. The first-order chi connectivity index (χ1) is 8.47. The molecule has 1 amide bonds. The van der Waals surface area contributed by atoms with Crippen LogP contribution in [-0.2, 0) is 9.53 Å². The Morgan fingerprint density at radius 1 is 1.17 bits per heavy atom. The molecule has 0 unspecified atom stereocenters. The summed E-state index contributed by atoms with van der Waals surface area (Å²) in [4.78, 5) is 11.6. The van der Waals surface area contributed by atoms with Gasteiger partial charge in [-0.15, -0.1) is 0 Å². The lowest BCUT2D eigenvalue weighted by Gasteiger charge is -2.29. The number of hydrogen-bond donors (Lipinski definition) is 1. The van der Waals surface area contributed by atoms with Crippen LogP contribution in [0.4, 0.5) is 0 Å². The van der Waals surface area contributed by atoms with Gasteiger partial charge < -0.3 is 10.1 Å². The van der Waals surface area contributed by atoms with Crippen molar-refractivity contribution in [2.75, 3.05) is 0 Å². The van der Waals surface area contributed by atoms with Crippen molar-refractivity contribution in [3.05, 3.63) is 0 Å². The van der Waals surface area contributed by atoms with E-state index in [1.165, 1.54) is 12.8 Å². The van der Waals surface area contributed by atoms with Crippen molar-refractivity contribution in [3.8, 4) is 0 Å². The third-order valence-electron chi connectivity index (χ3n) is 3.49. The van der Waals surface area contributed by atoms with Crippen molar-refractivity contribution in [1.29, 1.82) is 0 Å². The molecule has 0 heterocycles. The first-order valence-corrected chi connectivity index (χ1v) is 7.42. The van der Waals surface area contributed by atoms with E-state index in [4.69, 9.17) is 4.74 Å². The van der Waals surface area contributed by atoms with Crippen LogP contribution in [0.5, 0.6) is 0 Å². The van der Waals surface area contributed by atoms with Gasteiger partial charge in [0.25, 0.3) is 0 Å². The third kappa shape index (κ3) is 6.39. The van der Waals surface area contributed by atoms with E-state index in [0.717, 1.165) is 25.2 Å². The van der Waals surface area contributed by atoms with E-state index >= 15 is 0 Å². The molecule has 0 radical (unpaired) electrons. The second-order valence-electron chi connectivity index (χ2n) is 6.09. The molecule has 0 bridgehead atoms. The molecule has 1 aliphatic rings. The molecule has 0 spiro atoms. The predicted molar refractivity (Wildman–Crippen MR) is 74.5 cm³/mol. The summed E-state index contributed by atoms with van der Waals surface area (Å²) in [5, 5.41) is 2.95. The number of carbonyl (C=O) groups excluding carboxylic acids is 1. The van der Waals surface area contributed by atoms with Crippen LogP contribution in [0.15, 0.2) is 0 Å². The Labute approximate surface area is 112 Å². The highest BCUT2D eigenvalue weighted by molar-refractivity contribution is 5.76. The maximum atomic E-state index is 11.6. The van der Waals surface area contributed by atoms with Crippen LogP contribution in [-0.4, -0.2) is 24.2 Å². The largest absolute Gasteiger partial charge is 0.376 e. The molecule has 0 aliphatic heterocycles. The fourth-order valence-corrected chi connectivity index (χ4v) is 2.67. The lowest BCUT2D eigenvalue weighted by atomic mass is 9.84. The highest BCUT2D eigenvalue weighted by Crippen LogP contribution is 2.29. The van der Waals surface area contributed by atoms with Gasteiger partial charge in [0.2, 0.25) is 5.91 Å². The van der Waals surface area contributed by atoms with Crippen molar-refractivity contribution in [1.82, 2.24) is 5.32 Å². The van der Waals surface area contributed by atoms with Gasteiger partial charge >= 0.3 is 0 Å². The number of ether oxygens (including phenoxy) is 1. The van der Waals surface area contributed by atoms with Gasteiger partial charge in [-0.05, 0) is 65.7 Å². The maximum absolute atomic E-state index is 11.6. The van der Waals surface area contributed by atoms with E-state index in [2.05, 4.69) is 19.2 Å². The zero-order chi connectivity index (χ0) is 13.5. The molecule has 0 saturated heterocycles. The molecular weight excluding hydrogens is 226 g/mol. The summed E-state index contributed by atoms with van der Waals surface area (Å²) in [6.45, 7) is 8.21. The second-order valence-corrected chi connectivity index (χ2v) is 6.09. The van der Waals surface area contributed by atoms with Crippen molar-refractivity contribution in [2.24, 2.45) is 5.92 Å². The monoisotopic (exact) mass is 255 g/mol. The van der Waals surface area contributed by atoms with Crippen LogP contribution in [0.2, 0.25) is 0 Å². The standard InChI is InChI=1S/C15H29NO2/c1-11(2)16-15(17)10-7-13-5-8-14(9-6-13)18-12(3)4/h11-14H,5-10H2,1-4H3,(H,16,17). The van der Waals surface area contributed by atoms with Crippen molar-refractivity contribution < 1.29 is 9.53 Å². The fourth-order valence-electron chi connectivity index (χ4n) is 2.67. The van der Waals surface area contributed by atoms with Crippen LogP contribution in [0.25, 0.3) is 0 Å². The highest BCUT2D eigenvalue weighted by atomic mass is 16.5. The summed E-state index contributed by atoms with van der Waals surface area (Å²) in [5.41, 5.74) is 0. The summed E-state index contributed by atoms with van der Waals surface area (Å²) < 4.78 is 5.84. The van der Waals surface area contributed by atoms with Crippen LogP contribution in [0, 0.1) is 5.92 Å². The van der Waals surface area contributed by atoms with E-state index in [-0.39, 0.29) is 11.9 Å². The summed E-state index contributed by atoms with van der Waals surface area (Å²) in [5.74, 6) is 0.917. The number of hydrogen-bond acceptors (Lipinski definition) is 2. The van der Waals surface area contributed by atoms with Gasteiger partial charge in [-0.3, -0.25) is 4.79 Å². The summed E-state index contributed by atoms with van der Waals surface area (Å²) in [7, 11) is 0. The van der Waals surface area contributed by atoms with Gasteiger partial charge in [-0.1, -0.05) is 0 Å². The van der Waals surface area contributed by atoms with Crippen molar-refractivity contribution in [2.45, 2.75) is 84.5 Å². The van der Waals surface area contributed by atoms with E-state index in [0.29, 0.717) is 18.6 Å². The van der Waals surface area contributed by atoms with Crippen molar-refractivity contribution >= 4 is 5.91 Å². The van der Waals surface area contributed by atoms with Gasteiger partial charge in [-0.25, -0.2) is 0 Å². The molecule has 3 nitrogen and oxygen atoms in total. The van der Waals surface area contributed by atoms with Gasteiger partial charge in [-0.2, -0.15) is 0 Å². The van der Waals surface area contributed by atoms with Crippen LogP contribution in [0.3, 0.4) is 0 Å². The molecule has 106 valence electrons. The van der Waals surface area contributed by atoms with E-state index in [1.807, 2.05) is 13.8 Å². The second kappa shape index (κ2) is 7.78. The Balaban J connectivity index is 2.14. The Bertz CT molecular complexity index is 243. The Kier molecular flexibility index (Phi) is 6.69. The van der Waals surface area contributed by atoms with Crippen LogP contribution < -0.4 is 5.32 Å². The van der Waals surface area contributed by atoms with Gasteiger partial charge in [0.15, 0.2) is 0 Å². The number of amides is 1. The maximum Gasteiger partial charge on any atom is 0.220 e. The molecule has 18 heavy (non-hydrogen) atoms. The van der Waals surface area contributed by atoms with Gasteiger partial charge in [0.05, 0.1) is 12.2 Å². The lowest BCUT2D eigenvalue weighted by Crippen LogP contribution is -2.31. The predicted octanol–water partition coefficient (Wildman–Crippen LogP) is 3.28. The first kappa shape index (κ1) is 15.5. The molecular formula is C15H29NO2. The van der Waals surface area contributed by atoms with Gasteiger partial charge in [0, 0.05) is 12.5 Å². The molecule has 0 aromatic carbocycles. The summed E-state index contributed by atoms with van der Waals surface area (Å²) >= 11 is 0. The third-order valence-corrected chi connectivity index (χ3v) is 3.49. The molecule has 0 atom stereocenters. The molecule has 1 N–H and O–H groups in total. The lowest BCUT2D eigenvalue weighted by molar-refractivity contribution is -0.122. The quantitative estimate of drug-likeness (QED) is 0.791. The number of nitrogens with one attached hydrogen (secondary N) is 1. The van der Waals surface area contributed by atoms with E-state index in [9.17, 15) is 4.79 Å². The Morgan fingerprint density at radius 3 is 2.28 bits per heavy atom. The zero-order valence-corrected chi connectivity index (χ0v) is 12.4. The SMILES string of the molecule is CC(C)NC(=O)CCC1CCC(OC(C)C)CC1.